The van der Waals surface area contributed by atoms with Crippen LogP contribution in [0.2, 0.25) is 0 Å². The molecule has 0 aromatic heterocycles. The SMILES string of the molecule is C=C1CC2C(O)N(C(=O)OCc3ccc(O[C@@H]4OC(C)[C@@H](C)[C@H](OC(C)=O)[C@H]4OC(C)=O)c(C(=O)CCCOC)c3)c3cc(OCc4cc(COc5cc6c(cc5C)C(=O)N5CC(=C)C[C@H]5C(O)N6C(=O)OCc5ccc(OC6OC(C(=O)OC)[C@@H](OC(C)=O)[C@H](OC(C)=O)[C@H]6C)c(C(=O)CCCOCCOCCOCC(=O)OC(C)(C)C)c5)cc(OCCCCCP(=O)(OC(C)(C)C)OC(C)(C)C)c4)c(OC)cc3C(=O)N2C1. The molecular formula is C107H141N4O37P. The largest absolute Gasteiger partial charge is 0.494 e. The summed E-state index contributed by atoms with van der Waals surface area (Å²) >= 11 is 0. The molecule has 0 spiro atoms. The van der Waals surface area contributed by atoms with E-state index in [4.69, 9.17) is 104 Å². The molecule has 0 bridgehead atoms. The summed E-state index contributed by atoms with van der Waals surface area (Å²) in [6.07, 6.45) is -14.1. The van der Waals surface area contributed by atoms with E-state index in [1.54, 1.807) is 108 Å². The second kappa shape index (κ2) is 52.1. The molecule has 6 aliphatic rings. The summed E-state index contributed by atoms with van der Waals surface area (Å²) in [7, 11) is 0.317. The minimum atomic E-state index is -3.60. The number of fused-ring (bicyclic) bond motifs is 4. The van der Waals surface area contributed by atoms with Gasteiger partial charge in [0.25, 0.3) is 11.8 Å². The molecule has 2 N–H and O–H groups in total. The first-order valence-electron chi connectivity index (χ1n) is 49.6. The number of aliphatic hydroxyl groups excluding tert-OH is 2. The summed E-state index contributed by atoms with van der Waals surface area (Å²) in [4.78, 5) is 170. The first-order chi connectivity index (χ1) is 70.3. The van der Waals surface area contributed by atoms with Crippen molar-refractivity contribution in [3.63, 3.8) is 0 Å². The van der Waals surface area contributed by atoms with Crippen LogP contribution in [-0.4, -0.2) is 275 Å². The Balaban J connectivity index is 0.878. The van der Waals surface area contributed by atoms with Gasteiger partial charge in [0.2, 0.25) is 18.7 Å². The maximum Gasteiger partial charge on any atom is 0.416 e. The van der Waals surface area contributed by atoms with Gasteiger partial charge in [0.05, 0.1) is 122 Å². The molecule has 6 heterocycles. The van der Waals surface area contributed by atoms with Crippen LogP contribution in [0.15, 0.2) is 103 Å². The first kappa shape index (κ1) is 117. The molecule has 0 saturated carbocycles. The number of carbonyl (C=O) groups is 12. The number of ether oxygens (including phenoxy) is 20. The van der Waals surface area contributed by atoms with Crippen molar-refractivity contribution in [3.8, 4) is 34.5 Å². The Morgan fingerprint density at radius 3 is 1.46 bits per heavy atom. The minimum Gasteiger partial charge on any atom is -0.494 e. The summed E-state index contributed by atoms with van der Waals surface area (Å²) in [6, 6.07) is 17.6. The molecule has 0 aliphatic carbocycles. The lowest BCUT2D eigenvalue weighted by molar-refractivity contribution is -0.263. The summed E-state index contributed by atoms with van der Waals surface area (Å²) in [5.74, 6) is -7.71. The predicted octanol–water partition coefficient (Wildman–Crippen LogP) is 14.4. The molecule has 14 atom stereocenters. The minimum absolute atomic E-state index is 0.00958. The smallest absolute Gasteiger partial charge is 0.416 e. The Labute approximate surface area is 867 Å². The third-order valence-electron chi connectivity index (χ3n) is 24.7. The first-order valence-corrected chi connectivity index (χ1v) is 51.4. The van der Waals surface area contributed by atoms with E-state index >= 15 is 14.4 Å². The van der Waals surface area contributed by atoms with Crippen molar-refractivity contribution < 1.29 is 176 Å². The van der Waals surface area contributed by atoms with Crippen molar-refractivity contribution in [1.29, 1.82) is 0 Å². The van der Waals surface area contributed by atoms with Crippen LogP contribution >= 0.6 is 7.60 Å². The number of esters is 6. The summed E-state index contributed by atoms with van der Waals surface area (Å²) in [5.41, 5.74) is 0.362. The monoisotopic (exact) mass is 2100 g/mol. The lowest BCUT2D eigenvalue weighted by Crippen LogP contribution is -2.60. The van der Waals surface area contributed by atoms with E-state index in [1.165, 1.54) is 98.5 Å². The molecule has 149 heavy (non-hydrogen) atoms. The average molecular weight is 2110 g/mol. The number of nitrogens with zero attached hydrogens (tertiary/aromatic N) is 4. The molecule has 41 nitrogen and oxygen atoms in total. The van der Waals surface area contributed by atoms with E-state index < -0.39 is 195 Å². The number of aliphatic hydroxyl groups is 2. The number of ketones is 2. The molecular weight excluding hydrogens is 1960 g/mol. The Bertz CT molecular complexity index is 5700. The van der Waals surface area contributed by atoms with Crippen molar-refractivity contribution in [1.82, 2.24) is 9.80 Å². The van der Waals surface area contributed by atoms with Gasteiger partial charge in [-0.3, -0.25) is 42.9 Å². The maximum absolute atomic E-state index is 15.3. The molecule has 4 saturated heterocycles. The van der Waals surface area contributed by atoms with Gasteiger partial charge in [-0.1, -0.05) is 50.3 Å². The van der Waals surface area contributed by atoms with Crippen LogP contribution in [0, 0.1) is 18.8 Å². The number of methoxy groups -OCH3 is 3. The topological polar surface area (TPSA) is 478 Å². The Morgan fingerprint density at radius 1 is 0.477 bits per heavy atom. The van der Waals surface area contributed by atoms with E-state index in [-0.39, 0.29) is 191 Å². The highest BCUT2D eigenvalue weighted by Gasteiger charge is 2.55. The van der Waals surface area contributed by atoms with Crippen LogP contribution in [0.4, 0.5) is 21.0 Å². The third kappa shape index (κ3) is 32.0. The van der Waals surface area contributed by atoms with E-state index in [1.807, 2.05) is 0 Å². The molecule has 0 radical (unpaired) electrons. The highest BCUT2D eigenvalue weighted by atomic mass is 31.2. The van der Waals surface area contributed by atoms with Crippen molar-refractivity contribution in [2.24, 2.45) is 11.8 Å². The number of amides is 4. The molecule has 42 heteroatoms. The molecule has 816 valence electrons. The molecule has 6 aliphatic heterocycles. The van der Waals surface area contributed by atoms with Crippen LogP contribution in [0.25, 0.3) is 0 Å². The van der Waals surface area contributed by atoms with Crippen molar-refractivity contribution in [2.45, 2.75) is 292 Å². The Kier molecular flexibility index (Phi) is 40.9. The zero-order valence-electron chi connectivity index (χ0n) is 88.4. The van der Waals surface area contributed by atoms with E-state index in [9.17, 15) is 57.9 Å². The van der Waals surface area contributed by atoms with Crippen LogP contribution in [0.3, 0.4) is 0 Å². The quantitative estimate of drug-likeness (QED) is 0.00912. The number of unbranched alkanes of at least 4 members (excludes halogenated alkanes) is 2. The van der Waals surface area contributed by atoms with Gasteiger partial charge in [-0.25, -0.2) is 29.0 Å². The fourth-order valence-corrected chi connectivity index (χ4v) is 20.5. The predicted molar refractivity (Wildman–Crippen MR) is 534 cm³/mol. The fourth-order valence-electron chi connectivity index (χ4n) is 18.0. The number of carbonyl (C=O) groups excluding carboxylic acids is 12. The van der Waals surface area contributed by atoms with Gasteiger partial charge in [0, 0.05) is 92.0 Å². The van der Waals surface area contributed by atoms with Crippen LogP contribution in [0.1, 0.15) is 238 Å². The Hall–Kier alpha value is -12.1. The molecule has 4 amide bonds. The molecule has 4 fully saturated rings. The molecule has 11 rings (SSSR count). The lowest BCUT2D eigenvalue weighted by atomic mass is 9.91. The highest BCUT2D eigenvalue weighted by Crippen LogP contribution is 2.55. The van der Waals surface area contributed by atoms with Gasteiger partial charge >= 0.3 is 55.6 Å². The van der Waals surface area contributed by atoms with Gasteiger partial charge < -0.3 is 124 Å². The number of rotatable bonds is 47. The second-order valence-electron chi connectivity index (χ2n) is 40.4. The summed E-state index contributed by atoms with van der Waals surface area (Å²) in [5, 5.41) is 25.2. The average Bonchev–Trinajstić information content (AvgIpc) is 1.77. The number of hydrogen-bond donors (Lipinski definition) is 2. The molecule has 6 unspecified atom stereocenters. The zero-order valence-corrected chi connectivity index (χ0v) is 89.3. The summed E-state index contributed by atoms with van der Waals surface area (Å²) in [6.45, 7) is 34.8. The van der Waals surface area contributed by atoms with Gasteiger partial charge in [-0.05, 0) is 204 Å². The van der Waals surface area contributed by atoms with E-state index in [2.05, 4.69) is 13.2 Å². The summed E-state index contributed by atoms with van der Waals surface area (Å²) < 4.78 is 145. The lowest BCUT2D eigenvalue weighted by Gasteiger charge is -2.43. The second-order valence-corrected chi connectivity index (χ2v) is 42.5. The number of anilines is 2. The number of hydrogen-bond acceptors (Lipinski definition) is 37. The van der Waals surface area contributed by atoms with Gasteiger partial charge in [0.15, 0.2) is 53.8 Å². The van der Waals surface area contributed by atoms with Crippen LogP contribution in [0.5, 0.6) is 34.5 Å². The molecule has 5 aromatic rings. The van der Waals surface area contributed by atoms with Crippen molar-refractivity contribution in [2.75, 3.05) is 103 Å². The third-order valence-corrected chi connectivity index (χ3v) is 27.2. The highest BCUT2D eigenvalue weighted by molar-refractivity contribution is 7.53. The zero-order chi connectivity index (χ0) is 109. The number of benzene rings is 5. The van der Waals surface area contributed by atoms with Crippen molar-refractivity contribution in [3.05, 3.63) is 153 Å². The normalized spacial score (nSPS) is 21.8. The van der Waals surface area contributed by atoms with Crippen LogP contribution in [-0.2, 0) is 135 Å². The van der Waals surface area contributed by atoms with Gasteiger partial charge in [-0.2, -0.15) is 0 Å². The molecule has 5 aromatic carbocycles. The fraction of sp³-hybridized carbons (Fsp3) is 0.570. The number of Topliss-reactive ketones (excluding diaryl/α,β-unsaturated/α-hetero) is 2. The van der Waals surface area contributed by atoms with E-state index in [0.29, 0.717) is 59.3 Å². The van der Waals surface area contributed by atoms with Crippen molar-refractivity contribution >= 4 is 90.4 Å². The van der Waals surface area contributed by atoms with Crippen LogP contribution < -0.4 is 38.2 Å². The van der Waals surface area contributed by atoms with Gasteiger partial charge in [-0.15, -0.1) is 0 Å². The Morgan fingerprint density at radius 2 is 0.953 bits per heavy atom. The number of aryl methyl sites for hydroxylation is 1. The van der Waals surface area contributed by atoms with E-state index in [0.717, 1.165) is 30.8 Å². The van der Waals surface area contributed by atoms with Gasteiger partial charge in [0.1, 0.15) is 67.7 Å². The maximum atomic E-state index is 15.3. The standard InChI is InChI=1S/C107H141N4O37P/c1-60-42-81-98(121)110(103(124)136-55-70-30-32-85(143-101-64(5)92(140-67(8)113)93(141-68(9)114)94(145-101)100(123)129-22)77(48-70)84(117)29-27-35-130-37-38-131-39-40-132-59-90(118)146-105(11,12)13)79-51-87(62(3)44-75(79)96(119)108(81)53-60)134-57-72-45-73(47-74(46-72)133-36-24-23-25-41-149(126,147-106(14,15)16)148-107(17,18)19)58-135-89-52-80-76(50-88(89)128-21)97(120)109-54-61(2)43-82(109)99(122)111(80)104(125)137-56-71-31-33-86(78(49-71)83(116)28-26-34-127-20)144-102-95(142-69(10)115)91(139-66(7)112)63(4)65(6)138-102/h30-33,44-52,63-65,81-82,91-95,98-99,101-102,121-122H,1-2,23-29,34-43,53-59H2,3-22H3/t63-,64-,65?,81+,82?,91+,92-,93+,94?,95-,98?,99?,101?,102+/m1/s1.